The van der Waals surface area contributed by atoms with Gasteiger partial charge in [0.2, 0.25) is 11.8 Å². The molecule has 0 unspecified atom stereocenters. The lowest BCUT2D eigenvalue weighted by Crippen LogP contribution is -2.00. The lowest BCUT2D eigenvalue weighted by atomic mass is 10.2. The first-order chi connectivity index (χ1) is 7.56. The van der Waals surface area contributed by atoms with E-state index in [2.05, 4.69) is 10.1 Å². The number of pyridine rings is 1. The molecule has 0 amide bonds. The van der Waals surface area contributed by atoms with E-state index in [1.54, 1.807) is 6.92 Å². The van der Waals surface area contributed by atoms with Gasteiger partial charge in [-0.1, -0.05) is 9.39 Å². The van der Waals surface area contributed by atoms with Crippen molar-refractivity contribution in [2.24, 2.45) is 0 Å². The van der Waals surface area contributed by atoms with Gasteiger partial charge >= 0.3 is 0 Å². The topological polar surface area (TPSA) is 39.9 Å². The van der Waals surface area contributed by atoms with Crippen LogP contribution in [0.3, 0.4) is 0 Å². The molecule has 0 radical (unpaired) electrons. The van der Waals surface area contributed by atoms with E-state index in [9.17, 15) is 13.3 Å². The third kappa shape index (κ3) is 1.39. The summed E-state index contributed by atoms with van der Waals surface area (Å²) in [6, 6.07) is 0. The van der Waals surface area contributed by atoms with E-state index in [4.69, 9.17) is 4.74 Å². The highest BCUT2D eigenvalue weighted by Crippen LogP contribution is 2.28. The van der Waals surface area contributed by atoms with Crippen LogP contribution >= 0.6 is 0 Å². The summed E-state index contributed by atoms with van der Waals surface area (Å²) in [7, 11) is 0. The molecule has 0 fully saturated rings. The van der Waals surface area contributed by atoms with Crippen LogP contribution in [0.4, 0.5) is 13.3 Å². The number of halogens is 3. The Labute approximate surface area is 88.6 Å². The molecule has 7 heteroatoms. The molecular weight excluding hydrogens is 223 g/mol. The zero-order valence-corrected chi connectivity index (χ0v) is 8.59. The Kier molecular flexibility index (Phi) is 2.45. The van der Waals surface area contributed by atoms with Crippen LogP contribution in [0.15, 0.2) is 0 Å². The number of aryl methyl sites for hydroxylation is 1. The molecule has 0 spiro atoms. The largest absolute Gasteiger partial charge is 0.478 e. The van der Waals surface area contributed by atoms with Crippen molar-refractivity contribution in [3.05, 3.63) is 17.5 Å². The van der Waals surface area contributed by atoms with Gasteiger partial charge in [0.1, 0.15) is 10.9 Å². The fourth-order valence-electron chi connectivity index (χ4n) is 1.42. The molecular formula is C9H8F3N3O. The van der Waals surface area contributed by atoms with Crippen molar-refractivity contribution in [2.45, 2.75) is 13.8 Å². The molecule has 2 aromatic heterocycles. The molecule has 2 rings (SSSR count). The van der Waals surface area contributed by atoms with E-state index in [0.717, 1.165) is 0 Å². The van der Waals surface area contributed by atoms with Crippen molar-refractivity contribution in [3.8, 4) is 5.88 Å². The Balaban J connectivity index is 2.79. The van der Waals surface area contributed by atoms with Crippen LogP contribution in [0.25, 0.3) is 10.9 Å². The highest BCUT2D eigenvalue weighted by molar-refractivity contribution is 5.82. The minimum atomic E-state index is -1.40. The van der Waals surface area contributed by atoms with E-state index in [1.165, 1.54) is 6.92 Å². The summed E-state index contributed by atoms with van der Waals surface area (Å²) in [6.07, 6.45) is 0. The zero-order chi connectivity index (χ0) is 11.9. The molecule has 0 aliphatic heterocycles. The van der Waals surface area contributed by atoms with Gasteiger partial charge in [0, 0.05) is 5.56 Å². The van der Waals surface area contributed by atoms with Crippen molar-refractivity contribution in [1.29, 1.82) is 0 Å². The van der Waals surface area contributed by atoms with Gasteiger partial charge in [-0.25, -0.2) is 0 Å². The first kappa shape index (κ1) is 10.7. The van der Waals surface area contributed by atoms with Gasteiger partial charge in [0.15, 0.2) is 0 Å². The maximum atomic E-state index is 13.4. The molecule has 0 N–H and O–H groups in total. The van der Waals surface area contributed by atoms with Gasteiger partial charge in [-0.2, -0.15) is 13.8 Å². The third-order valence-electron chi connectivity index (χ3n) is 2.16. The van der Waals surface area contributed by atoms with Crippen LogP contribution in [0.5, 0.6) is 5.88 Å². The number of aromatic nitrogens is 3. The minimum absolute atomic E-state index is 0.00870. The summed E-state index contributed by atoms with van der Waals surface area (Å²) >= 11 is 0. The number of rotatable bonds is 2. The Morgan fingerprint density at radius 2 is 2.06 bits per heavy atom. The maximum absolute atomic E-state index is 13.4. The summed E-state index contributed by atoms with van der Waals surface area (Å²) in [5.74, 6) is -2.54. The number of hydrogen-bond acceptors (Lipinski definition) is 3. The predicted octanol–water partition coefficient (Wildman–Crippen LogP) is 2.15. The SMILES string of the molecule is CCOc1nc(F)c2c(F)n(F)nc2c1C. The molecule has 86 valence electrons. The second-order valence-electron chi connectivity index (χ2n) is 3.14. The fourth-order valence-corrected chi connectivity index (χ4v) is 1.42. The van der Waals surface area contributed by atoms with Crippen molar-refractivity contribution in [1.82, 2.24) is 15.0 Å². The summed E-state index contributed by atoms with van der Waals surface area (Å²) in [5, 5.41) is 2.66. The zero-order valence-electron chi connectivity index (χ0n) is 8.59. The quantitative estimate of drug-likeness (QED) is 0.743. The van der Waals surface area contributed by atoms with Crippen molar-refractivity contribution < 1.29 is 18.0 Å². The van der Waals surface area contributed by atoms with Crippen LogP contribution < -0.4 is 4.74 Å². The van der Waals surface area contributed by atoms with Crippen LogP contribution in [-0.4, -0.2) is 21.6 Å². The van der Waals surface area contributed by atoms with Gasteiger partial charge in [-0.3, -0.25) is 0 Å². The summed E-state index contributed by atoms with van der Waals surface area (Å²) in [4.78, 5) is 2.90. The first-order valence-corrected chi connectivity index (χ1v) is 4.59. The molecule has 0 atom stereocenters. The van der Waals surface area contributed by atoms with Gasteiger partial charge < -0.3 is 4.74 Å². The Morgan fingerprint density at radius 3 is 2.69 bits per heavy atom. The summed E-state index contributed by atoms with van der Waals surface area (Å²) in [5.41, 5.74) is 0.171. The van der Waals surface area contributed by atoms with Crippen LogP contribution in [0.1, 0.15) is 12.5 Å². The van der Waals surface area contributed by atoms with Gasteiger partial charge in [0.25, 0.3) is 5.95 Å². The summed E-state index contributed by atoms with van der Waals surface area (Å²) in [6.45, 7) is 3.47. The van der Waals surface area contributed by atoms with Gasteiger partial charge in [0.05, 0.1) is 6.61 Å². The van der Waals surface area contributed by atoms with Crippen LogP contribution in [0.2, 0.25) is 0 Å². The average Bonchev–Trinajstić information content (AvgIpc) is 2.53. The molecule has 16 heavy (non-hydrogen) atoms. The highest BCUT2D eigenvalue weighted by Gasteiger charge is 2.21. The summed E-state index contributed by atoms with van der Waals surface area (Å²) < 4.78 is 44.3. The van der Waals surface area contributed by atoms with Crippen LogP contribution in [-0.2, 0) is 0 Å². The maximum Gasteiger partial charge on any atom is 0.256 e. The van der Waals surface area contributed by atoms with Gasteiger partial charge in [-0.15, -0.1) is 5.10 Å². The molecule has 0 saturated heterocycles. The Morgan fingerprint density at radius 1 is 1.38 bits per heavy atom. The molecule has 0 aliphatic carbocycles. The molecule has 4 nitrogen and oxygen atoms in total. The van der Waals surface area contributed by atoms with Crippen molar-refractivity contribution in [2.75, 3.05) is 6.61 Å². The minimum Gasteiger partial charge on any atom is -0.478 e. The normalized spacial score (nSPS) is 11.1. The lowest BCUT2D eigenvalue weighted by Gasteiger charge is -2.05. The monoisotopic (exact) mass is 231 g/mol. The molecule has 2 aromatic rings. The number of nitrogens with zero attached hydrogens (tertiary/aromatic N) is 3. The van der Waals surface area contributed by atoms with E-state index in [-0.39, 0.29) is 18.0 Å². The number of ether oxygens (including phenoxy) is 1. The van der Waals surface area contributed by atoms with E-state index >= 15 is 0 Å². The molecule has 2 heterocycles. The number of hydrogen-bond donors (Lipinski definition) is 0. The molecule has 0 bridgehead atoms. The van der Waals surface area contributed by atoms with E-state index < -0.39 is 22.2 Å². The molecule has 0 aliphatic rings. The van der Waals surface area contributed by atoms with E-state index in [1.807, 2.05) is 0 Å². The number of fused-ring (bicyclic) bond motifs is 1. The lowest BCUT2D eigenvalue weighted by molar-refractivity contribution is 0.258. The van der Waals surface area contributed by atoms with E-state index in [0.29, 0.717) is 5.56 Å². The molecule has 0 saturated carbocycles. The second kappa shape index (κ2) is 3.66. The molecule has 0 aromatic carbocycles. The Hall–Kier alpha value is -1.79. The smallest absolute Gasteiger partial charge is 0.256 e. The second-order valence-corrected chi connectivity index (χ2v) is 3.14. The van der Waals surface area contributed by atoms with Crippen LogP contribution in [0, 0.1) is 18.8 Å². The predicted molar refractivity (Wildman–Crippen MR) is 49.9 cm³/mol. The Bertz CT molecular complexity index is 553. The highest BCUT2D eigenvalue weighted by atomic mass is 19.2. The average molecular weight is 231 g/mol. The first-order valence-electron chi connectivity index (χ1n) is 4.59. The third-order valence-corrected chi connectivity index (χ3v) is 2.16. The van der Waals surface area contributed by atoms with Crippen molar-refractivity contribution in [3.63, 3.8) is 0 Å². The fraction of sp³-hybridized carbons (Fsp3) is 0.333. The van der Waals surface area contributed by atoms with Gasteiger partial charge in [-0.05, 0) is 13.8 Å². The van der Waals surface area contributed by atoms with Crippen molar-refractivity contribution >= 4 is 10.9 Å². The standard InChI is InChI=1S/C9H8F3N3O/c1-3-16-9-4(2)6-5(7(10)13-9)8(11)15(12)14-6/h3H2,1-2H3.